The number of carbonyl (C=O) groups is 2. The van der Waals surface area contributed by atoms with Gasteiger partial charge in [0.25, 0.3) is 5.91 Å². The number of carbonyl (C=O) groups excluding carboxylic acids is 2. The number of benzene rings is 1. The average Bonchev–Trinajstić information content (AvgIpc) is 3.31. The third kappa shape index (κ3) is 5.07. The van der Waals surface area contributed by atoms with E-state index in [-0.39, 0.29) is 37.0 Å². The third-order valence-electron chi connectivity index (χ3n) is 6.69. The van der Waals surface area contributed by atoms with E-state index in [4.69, 9.17) is 5.73 Å². The Morgan fingerprint density at radius 3 is 2.92 bits per heavy atom. The smallest absolute Gasteiger partial charge is 0.255 e. The van der Waals surface area contributed by atoms with E-state index in [1.165, 1.54) is 0 Å². The maximum atomic E-state index is 13.3. The van der Waals surface area contributed by atoms with E-state index in [1.807, 2.05) is 12.1 Å². The molecule has 0 bridgehead atoms. The molecule has 1 aliphatic rings. The Morgan fingerprint density at radius 2 is 2.13 bits per heavy atom. The summed E-state index contributed by atoms with van der Waals surface area (Å²) in [5, 5.41) is 21.0. The lowest BCUT2D eigenvalue weighted by Gasteiger charge is -2.27. The maximum absolute atomic E-state index is 13.3. The van der Waals surface area contributed by atoms with Crippen molar-refractivity contribution in [3.05, 3.63) is 47.8 Å². The zero-order valence-electron chi connectivity index (χ0n) is 21.2. The molecular weight excluding hydrogens is 486 g/mol. The van der Waals surface area contributed by atoms with Crippen molar-refractivity contribution in [3.8, 4) is 0 Å². The summed E-state index contributed by atoms with van der Waals surface area (Å²) in [6.07, 6.45) is 5.73. The van der Waals surface area contributed by atoms with Crippen molar-refractivity contribution in [3.63, 3.8) is 0 Å². The Hall–Kier alpha value is -4.32. The molecule has 4 aromatic rings. The molecule has 12 nitrogen and oxygen atoms in total. The highest BCUT2D eigenvalue weighted by Gasteiger charge is 2.25. The number of nitrogens with zero attached hydrogens (tertiary/aromatic N) is 6. The second kappa shape index (κ2) is 11.0. The monoisotopic (exact) mass is 517 g/mol. The molecule has 198 valence electrons. The lowest BCUT2D eigenvalue weighted by molar-refractivity contribution is -0.123. The molecule has 5 rings (SSSR count). The van der Waals surface area contributed by atoms with E-state index in [0.29, 0.717) is 59.4 Å². The first-order chi connectivity index (χ1) is 18.5. The molecular formula is C26H31N9O3. The number of nitrogens with two attached hydrogens (primary N) is 1. The van der Waals surface area contributed by atoms with E-state index in [0.717, 1.165) is 18.4 Å². The van der Waals surface area contributed by atoms with Crippen LogP contribution in [0.15, 0.2) is 36.7 Å². The quantitative estimate of drug-likeness (QED) is 0.258. The van der Waals surface area contributed by atoms with Crippen LogP contribution in [0.4, 0.5) is 11.8 Å². The zero-order chi connectivity index (χ0) is 26.6. The first-order valence-electron chi connectivity index (χ1n) is 12.8. The second-order valence-electron chi connectivity index (χ2n) is 9.36. The summed E-state index contributed by atoms with van der Waals surface area (Å²) in [6, 6.07) is 7.34. The van der Waals surface area contributed by atoms with Crippen molar-refractivity contribution in [2.24, 2.45) is 0 Å². The topological polar surface area (TPSA) is 164 Å². The highest BCUT2D eigenvalue weighted by Crippen LogP contribution is 2.27. The van der Waals surface area contributed by atoms with Crippen molar-refractivity contribution in [2.45, 2.75) is 38.8 Å². The molecule has 0 aliphatic carbocycles. The molecule has 0 radical (unpaired) electrons. The first-order valence-corrected chi connectivity index (χ1v) is 12.8. The van der Waals surface area contributed by atoms with Gasteiger partial charge in [-0.25, -0.2) is 4.98 Å². The predicted octanol–water partition coefficient (Wildman–Crippen LogP) is 1.54. The Balaban J connectivity index is 1.51. The summed E-state index contributed by atoms with van der Waals surface area (Å²) in [6.45, 7) is 3.44. The normalized spacial score (nSPS) is 14.6. The molecule has 0 saturated carbocycles. The SMILES string of the molecule is CCCC(CCO)Nc1nc(N)nc2cnn(Cc3ccc(C(=O)N4CCNC(=O)C4)c4cccnc34)c12. The molecule has 4 heterocycles. The third-order valence-corrected chi connectivity index (χ3v) is 6.69. The van der Waals surface area contributed by atoms with Gasteiger partial charge in [0.2, 0.25) is 11.9 Å². The Kier molecular flexibility index (Phi) is 7.31. The van der Waals surface area contributed by atoms with Crippen molar-refractivity contribution < 1.29 is 14.7 Å². The number of amides is 2. The predicted molar refractivity (Wildman–Crippen MR) is 144 cm³/mol. The van der Waals surface area contributed by atoms with Gasteiger partial charge in [-0.05, 0) is 30.5 Å². The highest BCUT2D eigenvalue weighted by atomic mass is 16.3. The summed E-state index contributed by atoms with van der Waals surface area (Å²) < 4.78 is 1.79. The fourth-order valence-corrected chi connectivity index (χ4v) is 4.91. The van der Waals surface area contributed by atoms with Gasteiger partial charge in [0, 0.05) is 42.9 Å². The Labute approximate surface area is 219 Å². The van der Waals surface area contributed by atoms with Gasteiger partial charge in [-0.2, -0.15) is 10.1 Å². The number of fused-ring (bicyclic) bond motifs is 2. The number of rotatable bonds is 9. The van der Waals surface area contributed by atoms with E-state index in [1.54, 1.807) is 34.1 Å². The number of nitrogens with one attached hydrogen (secondary N) is 2. The van der Waals surface area contributed by atoms with Gasteiger partial charge in [0.1, 0.15) is 11.0 Å². The minimum absolute atomic E-state index is 0.0236. The van der Waals surface area contributed by atoms with Crippen LogP contribution >= 0.6 is 0 Å². The fourth-order valence-electron chi connectivity index (χ4n) is 4.91. The first kappa shape index (κ1) is 25.3. The molecule has 1 unspecified atom stereocenters. The van der Waals surface area contributed by atoms with Crippen LogP contribution in [0.1, 0.15) is 42.1 Å². The van der Waals surface area contributed by atoms with Crippen LogP contribution in [0.25, 0.3) is 21.9 Å². The van der Waals surface area contributed by atoms with Crippen LogP contribution in [0.2, 0.25) is 0 Å². The molecule has 12 heteroatoms. The zero-order valence-corrected chi connectivity index (χ0v) is 21.2. The number of piperazine rings is 1. The maximum Gasteiger partial charge on any atom is 0.255 e. The number of aliphatic hydroxyl groups is 1. The number of nitrogen functional groups attached to an aromatic ring is 1. The minimum atomic E-state index is -0.199. The number of hydrogen-bond acceptors (Lipinski definition) is 9. The largest absolute Gasteiger partial charge is 0.396 e. The lowest BCUT2D eigenvalue weighted by Crippen LogP contribution is -2.50. The standard InChI is InChI=1S/C26H31N9O3/c1-2-4-17(8-12-36)31-24-23-20(32-26(27)33-24)13-30-35(23)14-16-6-7-19(18-5-3-9-29-22(16)18)25(38)34-11-10-28-21(37)15-34/h3,5-7,9,13,17,36H,2,4,8,10-12,14-15H2,1H3,(H,28,37)(H3,27,31,32,33). The van der Waals surface area contributed by atoms with Crippen molar-refractivity contribution in [2.75, 3.05) is 37.3 Å². The van der Waals surface area contributed by atoms with Gasteiger partial charge in [-0.1, -0.05) is 25.5 Å². The molecule has 1 fully saturated rings. The number of pyridine rings is 1. The van der Waals surface area contributed by atoms with Crippen LogP contribution in [-0.2, 0) is 11.3 Å². The van der Waals surface area contributed by atoms with Gasteiger partial charge in [0.05, 0.1) is 24.8 Å². The molecule has 38 heavy (non-hydrogen) atoms. The number of anilines is 2. The summed E-state index contributed by atoms with van der Waals surface area (Å²) in [5.41, 5.74) is 9.32. The molecule has 3 aromatic heterocycles. The van der Waals surface area contributed by atoms with Crippen LogP contribution < -0.4 is 16.4 Å². The van der Waals surface area contributed by atoms with Crippen molar-refractivity contribution >= 4 is 45.5 Å². The molecule has 0 spiro atoms. The van der Waals surface area contributed by atoms with Gasteiger partial charge < -0.3 is 26.4 Å². The van der Waals surface area contributed by atoms with Crippen LogP contribution in [0.3, 0.4) is 0 Å². The van der Waals surface area contributed by atoms with Crippen molar-refractivity contribution in [1.29, 1.82) is 0 Å². The summed E-state index contributed by atoms with van der Waals surface area (Å²) >= 11 is 0. The van der Waals surface area contributed by atoms with Crippen LogP contribution in [0.5, 0.6) is 0 Å². The van der Waals surface area contributed by atoms with Crippen molar-refractivity contribution in [1.82, 2.24) is 34.9 Å². The summed E-state index contributed by atoms with van der Waals surface area (Å²) in [4.78, 5) is 40.1. The van der Waals surface area contributed by atoms with Gasteiger partial charge in [-0.15, -0.1) is 0 Å². The highest BCUT2D eigenvalue weighted by molar-refractivity contribution is 6.08. The van der Waals surface area contributed by atoms with Gasteiger partial charge >= 0.3 is 0 Å². The van der Waals surface area contributed by atoms with E-state index in [2.05, 4.69) is 37.6 Å². The molecule has 1 aromatic carbocycles. The lowest BCUT2D eigenvalue weighted by atomic mass is 10.0. The Bertz CT molecular complexity index is 1480. The molecule has 1 saturated heterocycles. The van der Waals surface area contributed by atoms with Crippen LogP contribution in [0, 0.1) is 0 Å². The van der Waals surface area contributed by atoms with Gasteiger partial charge in [0.15, 0.2) is 5.82 Å². The molecule has 1 aliphatic heterocycles. The summed E-state index contributed by atoms with van der Waals surface area (Å²) in [7, 11) is 0. The summed E-state index contributed by atoms with van der Waals surface area (Å²) in [5.74, 6) is 0.335. The Morgan fingerprint density at radius 1 is 1.26 bits per heavy atom. The van der Waals surface area contributed by atoms with E-state index in [9.17, 15) is 14.7 Å². The van der Waals surface area contributed by atoms with Crippen LogP contribution in [-0.4, -0.2) is 78.8 Å². The minimum Gasteiger partial charge on any atom is -0.396 e. The van der Waals surface area contributed by atoms with E-state index < -0.39 is 0 Å². The number of aliphatic hydroxyl groups excluding tert-OH is 1. The molecule has 2 amide bonds. The second-order valence-corrected chi connectivity index (χ2v) is 9.36. The molecule has 5 N–H and O–H groups in total. The fraction of sp³-hybridized carbons (Fsp3) is 0.385. The van der Waals surface area contributed by atoms with Gasteiger partial charge in [-0.3, -0.25) is 19.3 Å². The average molecular weight is 518 g/mol. The number of aromatic nitrogens is 5. The molecule has 1 atom stereocenters. The number of hydrogen-bond donors (Lipinski definition) is 4. The van der Waals surface area contributed by atoms with E-state index >= 15 is 0 Å².